The predicted molar refractivity (Wildman–Crippen MR) is 133 cm³/mol. The molecule has 6 heteroatoms. The molecule has 0 fully saturated rings. The van der Waals surface area contributed by atoms with Crippen molar-refractivity contribution in [2.24, 2.45) is 0 Å². The summed E-state index contributed by atoms with van der Waals surface area (Å²) in [5.74, 6) is 2.08. The van der Waals surface area contributed by atoms with Gasteiger partial charge in [0.25, 0.3) is 5.91 Å². The molecule has 0 atom stereocenters. The lowest BCUT2D eigenvalue weighted by molar-refractivity contribution is -0.126. The summed E-state index contributed by atoms with van der Waals surface area (Å²) in [6, 6.07) is 19.4. The highest BCUT2D eigenvalue weighted by molar-refractivity contribution is 5.91. The third-order valence-electron chi connectivity index (χ3n) is 5.62. The number of allylic oxidation sites excluding steroid dienone is 1. The normalized spacial score (nSPS) is 13.9. The van der Waals surface area contributed by atoms with Crippen LogP contribution >= 0.6 is 0 Å². The molecular formula is C28H27N3O3. The van der Waals surface area contributed by atoms with E-state index in [-0.39, 0.29) is 5.91 Å². The fourth-order valence-corrected chi connectivity index (χ4v) is 3.68. The Kier molecular flexibility index (Phi) is 7.08. The molecule has 1 amide bonds. The van der Waals surface area contributed by atoms with Crippen LogP contribution in [0.2, 0.25) is 0 Å². The zero-order valence-electron chi connectivity index (χ0n) is 19.3. The van der Waals surface area contributed by atoms with Crippen LogP contribution in [0.5, 0.6) is 11.5 Å². The standard InChI is InChI=1S/C28H27N3O3/c1-21-30(19-23-5-10-26(33-2)11-6-23)25(9-4-22-14-16-29-17-15-22)18-28(32)31(21)20-24-7-12-27(34-3)13-8-24/h4-18H,1,19-20H2,2-3H3/b9-4-. The van der Waals surface area contributed by atoms with Crippen molar-refractivity contribution < 1.29 is 14.3 Å². The van der Waals surface area contributed by atoms with Crippen molar-refractivity contribution in [2.75, 3.05) is 14.2 Å². The van der Waals surface area contributed by atoms with Gasteiger partial charge in [-0.15, -0.1) is 0 Å². The van der Waals surface area contributed by atoms with Crippen LogP contribution in [0.15, 0.2) is 103 Å². The van der Waals surface area contributed by atoms with Crippen LogP contribution in [-0.2, 0) is 17.9 Å². The largest absolute Gasteiger partial charge is 0.497 e. The van der Waals surface area contributed by atoms with Crippen molar-refractivity contribution in [3.05, 3.63) is 120 Å². The molecular weight excluding hydrogens is 426 g/mol. The molecule has 0 N–H and O–H groups in total. The number of carbonyl (C=O) groups is 1. The Morgan fingerprint density at radius 2 is 1.32 bits per heavy atom. The molecule has 3 aromatic rings. The van der Waals surface area contributed by atoms with E-state index in [1.165, 1.54) is 0 Å². The van der Waals surface area contributed by atoms with Gasteiger partial charge in [-0.3, -0.25) is 14.7 Å². The average Bonchev–Trinajstić information content (AvgIpc) is 2.88. The Morgan fingerprint density at radius 3 is 1.85 bits per heavy atom. The van der Waals surface area contributed by atoms with Crippen LogP contribution in [0.3, 0.4) is 0 Å². The molecule has 34 heavy (non-hydrogen) atoms. The van der Waals surface area contributed by atoms with E-state index < -0.39 is 0 Å². The van der Waals surface area contributed by atoms with Crippen LogP contribution < -0.4 is 9.47 Å². The summed E-state index contributed by atoms with van der Waals surface area (Å²) in [6.07, 6.45) is 9.04. The van der Waals surface area contributed by atoms with Crippen LogP contribution in [0.25, 0.3) is 6.08 Å². The number of methoxy groups -OCH3 is 2. The summed E-state index contributed by atoms with van der Waals surface area (Å²) in [5, 5.41) is 0. The fourth-order valence-electron chi connectivity index (χ4n) is 3.68. The number of rotatable bonds is 8. The van der Waals surface area contributed by atoms with E-state index in [0.717, 1.165) is 33.9 Å². The maximum Gasteiger partial charge on any atom is 0.254 e. The van der Waals surface area contributed by atoms with Gasteiger partial charge >= 0.3 is 0 Å². The molecule has 1 aliphatic rings. The minimum atomic E-state index is -0.110. The number of pyridine rings is 1. The van der Waals surface area contributed by atoms with Gasteiger partial charge in [0.1, 0.15) is 17.3 Å². The van der Waals surface area contributed by atoms with Gasteiger partial charge in [0, 0.05) is 30.7 Å². The Bertz CT molecular complexity index is 1200. The second-order valence-corrected chi connectivity index (χ2v) is 7.81. The van der Waals surface area contributed by atoms with Crippen molar-refractivity contribution in [3.8, 4) is 11.5 Å². The van der Waals surface area contributed by atoms with Crippen molar-refractivity contribution in [3.63, 3.8) is 0 Å². The van der Waals surface area contributed by atoms with Gasteiger partial charge in [0.15, 0.2) is 0 Å². The second-order valence-electron chi connectivity index (χ2n) is 7.81. The number of benzene rings is 2. The first-order chi connectivity index (χ1) is 16.6. The first kappa shape index (κ1) is 22.9. The molecule has 6 nitrogen and oxygen atoms in total. The van der Waals surface area contributed by atoms with Crippen LogP contribution in [0, 0.1) is 0 Å². The van der Waals surface area contributed by atoms with E-state index in [0.29, 0.717) is 18.9 Å². The first-order valence-corrected chi connectivity index (χ1v) is 10.9. The summed E-state index contributed by atoms with van der Waals surface area (Å²) in [4.78, 5) is 20.9. The number of aromatic nitrogens is 1. The van der Waals surface area contributed by atoms with Gasteiger partial charge in [-0.2, -0.15) is 0 Å². The van der Waals surface area contributed by atoms with Crippen LogP contribution in [-0.4, -0.2) is 34.9 Å². The van der Waals surface area contributed by atoms with Gasteiger partial charge in [-0.25, -0.2) is 0 Å². The molecule has 0 bridgehead atoms. The minimum Gasteiger partial charge on any atom is -0.497 e. The predicted octanol–water partition coefficient (Wildman–Crippen LogP) is 5.01. The molecule has 0 unspecified atom stereocenters. The highest BCUT2D eigenvalue weighted by atomic mass is 16.5. The lowest BCUT2D eigenvalue weighted by Crippen LogP contribution is -2.41. The zero-order chi connectivity index (χ0) is 23.9. The summed E-state index contributed by atoms with van der Waals surface area (Å²) in [7, 11) is 3.28. The topological polar surface area (TPSA) is 54.9 Å². The molecule has 1 aliphatic heterocycles. The molecule has 0 radical (unpaired) electrons. The Balaban J connectivity index is 1.63. The zero-order valence-corrected chi connectivity index (χ0v) is 19.3. The van der Waals surface area contributed by atoms with Gasteiger partial charge < -0.3 is 14.4 Å². The average molecular weight is 454 g/mol. The summed E-state index contributed by atoms with van der Waals surface area (Å²) in [5.41, 5.74) is 3.83. The maximum atomic E-state index is 13.1. The molecule has 2 aromatic carbocycles. The number of hydrogen-bond acceptors (Lipinski definition) is 5. The summed E-state index contributed by atoms with van der Waals surface area (Å²) >= 11 is 0. The third-order valence-corrected chi connectivity index (χ3v) is 5.62. The van der Waals surface area contributed by atoms with Gasteiger partial charge in [-0.05, 0) is 59.2 Å². The third kappa shape index (κ3) is 5.35. The van der Waals surface area contributed by atoms with E-state index in [1.807, 2.05) is 77.7 Å². The van der Waals surface area contributed by atoms with Gasteiger partial charge in [-0.1, -0.05) is 36.9 Å². The highest BCUT2D eigenvalue weighted by Crippen LogP contribution is 2.28. The second kappa shape index (κ2) is 10.5. The van der Waals surface area contributed by atoms with E-state index in [1.54, 1.807) is 37.6 Å². The number of hydrogen-bond donors (Lipinski definition) is 0. The maximum absolute atomic E-state index is 13.1. The minimum absolute atomic E-state index is 0.110. The van der Waals surface area contributed by atoms with E-state index in [9.17, 15) is 4.79 Å². The quantitative estimate of drug-likeness (QED) is 0.480. The van der Waals surface area contributed by atoms with Crippen molar-refractivity contribution in [1.82, 2.24) is 14.8 Å². The van der Waals surface area contributed by atoms with Crippen molar-refractivity contribution >= 4 is 12.0 Å². The molecule has 1 aromatic heterocycles. The monoisotopic (exact) mass is 453 g/mol. The SMILES string of the molecule is C=C1N(Cc2ccc(OC)cc2)C(=O)C=C(/C=C\c2ccncc2)N1Cc1ccc(OC)cc1. The molecule has 0 saturated heterocycles. The lowest BCUT2D eigenvalue weighted by atomic mass is 10.1. The van der Waals surface area contributed by atoms with Gasteiger partial charge in [0.05, 0.1) is 20.8 Å². The molecule has 2 heterocycles. The molecule has 0 saturated carbocycles. The molecule has 0 aliphatic carbocycles. The van der Waals surface area contributed by atoms with Crippen molar-refractivity contribution in [2.45, 2.75) is 13.1 Å². The number of ether oxygens (including phenoxy) is 2. The Hall–Kier alpha value is -4.32. The van der Waals surface area contributed by atoms with Crippen molar-refractivity contribution in [1.29, 1.82) is 0 Å². The Labute approximate surface area is 200 Å². The van der Waals surface area contributed by atoms with Crippen LogP contribution in [0.1, 0.15) is 16.7 Å². The number of carbonyl (C=O) groups excluding carboxylic acids is 1. The van der Waals surface area contributed by atoms with Gasteiger partial charge in [0.2, 0.25) is 0 Å². The van der Waals surface area contributed by atoms with E-state index in [4.69, 9.17) is 9.47 Å². The number of nitrogens with zero attached hydrogens (tertiary/aromatic N) is 3. The Morgan fingerprint density at radius 1 is 0.794 bits per heavy atom. The summed E-state index contributed by atoms with van der Waals surface area (Å²) < 4.78 is 10.5. The molecule has 4 rings (SSSR count). The smallest absolute Gasteiger partial charge is 0.254 e. The molecule has 172 valence electrons. The van der Waals surface area contributed by atoms with Crippen LogP contribution in [0.4, 0.5) is 0 Å². The summed E-state index contributed by atoms with van der Waals surface area (Å²) in [6.45, 7) is 5.26. The van der Waals surface area contributed by atoms with E-state index >= 15 is 0 Å². The first-order valence-electron chi connectivity index (χ1n) is 10.9. The van der Waals surface area contributed by atoms with E-state index in [2.05, 4.69) is 11.6 Å². The number of amides is 1. The fraction of sp³-hybridized carbons (Fsp3) is 0.143. The molecule has 0 spiro atoms. The lowest BCUT2D eigenvalue weighted by Gasteiger charge is -2.38. The highest BCUT2D eigenvalue weighted by Gasteiger charge is 2.28.